The third kappa shape index (κ3) is 4.33. The summed E-state index contributed by atoms with van der Waals surface area (Å²) in [6.07, 6.45) is 3.97. The van der Waals surface area contributed by atoms with Gasteiger partial charge in [0.05, 0.1) is 18.8 Å². The molecule has 2 saturated heterocycles. The van der Waals surface area contributed by atoms with Crippen LogP contribution in [-0.4, -0.2) is 41.5 Å². The number of amides is 1. The first-order chi connectivity index (χ1) is 14.0. The first kappa shape index (κ1) is 20.0. The first-order valence-electron chi connectivity index (χ1n) is 9.83. The number of rotatable bonds is 8. The molecular weight excluding hydrogens is 398 g/mol. The second kappa shape index (κ2) is 8.20. The molecule has 1 amide bonds. The smallest absolute Gasteiger partial charge is 0.414 e. The van der Waals surface area contributed by atoms with Gasteiger partial charge in [0, 0.05) is 5.02 Å². The lowest BCUT2D eigenvalue weighted by Crippen LogP contribution is -2.62. The minimum Gasteiger partial charge on any atom is -0.484 e. The van der Waals surface area contributed by atoms with Gasteiger partial charge >= 0.3 is 6.08 Å². The third-order valence-corrected chi connectivity index (χ3v) is 5.71. The van der Waals surface area contributed by atoms with Crippen LogP contribution in [0, 0.1) is 0 Å². The number of carbonyl (C=O) groups excluding carboxylic acids is 1. The Kier molecular flexibility index (Phi) is 5.65. The number of nitrogens with zero attached hydrogens (tertiary/aromatic N) is 2. The van der Waals surface area contributed by atoms with Gasteiger partial charge in [-0.1, -0.05) is 23.6 Å². The van der Waals surface area contributed by atoms with Crippen molar-refractivity contribution in [2.24, 2.45) is 0 Å². The van der Waals surface area contributed by atoms with Gasteiger partial charge in [-0.2, -0.15) is 0 Å². The van der Waals surface area contributed by atoms with Crippen LogP contribution in [0.4, 0.5) is 0 Å². The monoisotopic (exact) mass is 421 g/mol. The van der Waals surface area contributed by atoms with Gasteiger partial charge in [0.1, 0.15) is 11.4 Å². The fraction of sp³-hybridized carbons (Fsp3) is 0.550. The molecule has 2 bridgehead atoms. The van der Waals surface area contributed by atoms with Gasteiger partial charge in [-0.3, -0.25) is 4.79 Å². The van der Waals surface area contributed by atoms with Crippen LogP contribution >= 0.6 is 11.6 Å². The number of carbonyl (C=O) groups is 1. The van der Waals surface area contributed by atoms with E-state index in [1.165, 1.54) is 0 Å². The summed E-state index contributed by atoms with van der Waals surface area (Å²) in [5.74, 6) is 0.877. The number of halogens is 1. The summed E-state index contributed by atoms with van der Waals surface area (Å²) in [4.78, 5) is 12.4. The Morgan fingerprint density at radius 1 is 1.17 bits per heavy atom. The molecule has 0 spiro atoms. The van der Waals surface area contributed by atoms with E-state index in [4.69, 9.17) is 30.2 Å². The fourth-order valence-corrected chi connectivity index (χ4v) is 3.91. The third-order valence-electron chi connectivity index (χ3n) is 5.45. The molecule has 0 radical (unpaired) electrons. The van der Waals surface area contributed by atoms with Crippen molar-refractivity contribution >= 4 is 17.5 Å². The maximum absolute atomic E-state index is 12.4. The zero-order valence-electron chi connectivity index (χ0n) is 16.3. The number of hydrogen-bond donors (Lipinski definition) is 1. The zero-order chi connectivity index (χ0) is 20.3. The van der Waals surface area contributed by atoms with Crippen LogP contribution in [0.1, 0.15) is 44.9 Å². The molecule has 1 saturated carbocycles. The summed E-state index contributed by atoms with van der Waals surface area (Å²) in [5, 5.41) is 11.8. The highest BCUT2D eigenvalue weighted by Crippen LogP contribution is 2.49. The molecular formula is C20H24ClN3O5. The molecule has 1 aliphatic carbocycles. The molecule has 9 heteroatoms. The lowest BCUT2D eigenvalue weighted by atomic mass is 9.71. The highest BCUT2D eigenvalue weighted by molar-refractivity contribution is 6.30. The number of hydrogen-bond acceptors (Lipinski definition) is 7. The average Bonchev–Trinajstić information content (AvgIpc) is 3.23. The van der Waals surface area contributed by atoms with Crippen molar-refractivity contribution in [3.63, 3.8) is 0 Å². The standard InChI is InChI=1S/C20H24ClN3O5/c1-2-11-26-18-24-23-17(29-18)20-9-7-19(8-10-20,13-28-20)22-16(25)12-27-15-5-3-14(21)4-6-15/h3-6H,2,7-13H2,1H3,(H,22,25). The topological polar surface area (TPSA) is 95.7 Å². The molecule has 1 N–H and O–H groups in total. The summed E-state index contributed by atoms with van der Waals surface area (Å²) in [6, 6.07) is 6.91. The largest absolute Gasteiger partial charge is 0.484 e. The predicted octanol–water partition coefficient (Wildman–Crippen LogP) is 3.25. The maximum Gasteiger partial charge on any atom is 0.414 e. The van der Waals surface area contributed by atoms with Crippen molar-refractivity contribution in [2.45, 2.75) is 50.2 Å². The van der Waals surface area contributed by atoms with Crippen LogP contribution in [0.3, 0.4) is 0 Å². The molecule has 8 nitrogen and oxygen atoms in total. The van der Waals surface area contributed by atoms with E-state index < -0.39 is 5.60 Å². The Morgan fingerprint density at radius 2 is 1.93 bits per heavy atom. The number of aromatic nitrogens is 2. The van der Waals surface area contributed by atoms with E-state index in [9.17, 15) is 4.79 Å². The minimum atomic E-state index is -0.590. The molecule has 1 aromatic carbocycles. The Morgan fingerprint density at radius 3 is 2.59 bits per heavy atom. The average molecular weight is 422 g/mol. The van der Waals surface area contributed by atoms with Crippen LogP contribution in [0.2, 0.25) is 5.02 Å². The van der Waals surface area contributed by atoms with Crippen LogP contribution in [0.25, 0.3) is 0 Å². The quantitative estimate of drug-likeness (QED) is 0.698. The van der Waals surface area contributed by atoms with E-state index in [1.807, 2.05) is 6.92 Å². The number of ether oxygens (including phenoxy) is 3. The number of fused-ring (bicyclic) bond motifs is 3. The van der Waals surface area contributed by atoms with E-state index in [2.05, 4.69) is 15.5 Å². The first-order valence-corrected chi connectivity index (χ1v) is 10.2. The van der Waals surface area contributed by atoms with E-state index in [0.29, 0.717) is 42.7 Å². The number of nitrogens with one attached hydrogen (secondary N) is 1. The van der Waals surface area contributed by atoms with Crippen LogP contribution < -0.4 is 14.8 Å². The van der Waals surface area contributed by atoms with Gasteiger partial charge in [-0.15, -0.1) is 5.10 Å². The summed E-state index contributed by atoms with van der Waals surface area (Å²) >= 11 is 5.85. The second-order valence-electron chi connectivity index (χ2n) is 7.58. The summed E-state index contributed by atoms with van der Waals surface area (Å²) in [5.41, 5.74) is -0.975. The lowest BCUT2D eigenvalue weighted by Gasteiger charge is -2.51. The molecule has 2 aromatic rings. The molecule has 29 heavy (non-hydrogen) atoms. The van der Waals surface area contributed by atoms with Gasteiger partial charge in [0.15, 0.2) is 6.61 Å². The molecule has 0 atom stereocenters. The zero-order valence-corrected chi connectivity index (χ0v) is 17.0. The minimum absolute atomic E-state index is 0.0592. The van der Waals surface area contributed by atoms with Crippen molar-refractivity contribution in [3.05, 3.63) is 35.2 Å². The van der Waals surface area contributed by atoms with Crippen molar-refractivity contribution in [1.29, 1.82) is 0 Å². The fourth-order valence-electron chi connectivity index (χ4n) is 3.79. The van der Waals surface area contributed by atoms with E-state index >= 15 is 0 Å². The molecule has 5 rings (SSSR count). The summed E-state index contributed by atoms with van der Waals surface area (Å²) in [6.45, 7) is 2.88. The van der Waals surface area contributed by atoms with Gasteiger partial charge in [0.25, 0.3) is 11.8 Å². The summed E-state index contributed by atoms with van der Waals surface area (Å²) < 4.78 is 22.7. The normalized spacial score (nSPS) is 25.6. The van der Waals surface area contributed by atoms with Gasteiger partial charge in [0.2, 0.25) is 0 Å². The molecule has 1 aromatic heterocycles. The molecule has 3 heterocycles. The van der Waals surface area contributed by atoms with Gasteiger partial charge < -0.3 is 23.9 Å². The van der Waals surface area contributed by atoms with E-state index in [0.717, 1.165) is 19.3 Å². The maximum atomic E-state index is 12.4. The lowest BCUT2D eigenvalue weighted by molar-refractivity contribution is -0.182. The molecule has 0 unspecified atom stereocenters. The van der Waals surface area contributed by atoms with Gasteiger partial charge in [-0.25, -0.2) is 0 Å². The van der Waals surface area contributed by atoms with Crippen molar-refractivity contribution in [3.8, 4) is 11.8 Å². The SMILES string of the molecule is CCCOc1nnc(C23CCC(NC(=O)COc4ccc(Cl)cc4)(CC2)CO3)o1. The second-order valence-corrected chi connectivity index (χ2v) is 8.01. The van der Waals surface area contributed by atoms with Crippen LogP contribution in [0.15, 0.2) is 28.7 Å². The predicted molar refractivity (Wildman–Crippen MR) is 104 cm³/mol. The van der Waals surface area contributed by atoms with E-state index in [-0.39, 0.29) is 24.1 Å². The molecule has 156 valence electrons. The Balaban J connectivity index is 1.31. The highest BCUT2D eigenvalue weighted by atomic mass is 35.5. The Labute approximate surface area is 173 Å². The van der Waals surface area contributed by atoms with Gasteiger partial charge in [-0.05, 0) is 56.4 Å². The van der Waals surface area contributed by atoms with Crippen molar-refractivity contribution in [2.75, 3.05) is 19.8 Å². The Bertz CT molecular complexity index is 830. The van der Waals surface area contributed by atoms with Crippen LogP contribution in [0.5, 0.6) is 11.8 Å². The molecule has 3 fully saturated rings. The van der Waals surface area contributed by atoms with Crippen LogP contribution in [-0.2, 0) is 15.1 Å². The summed E-state index contributed by atoms with van der Waals surface area (Å²) in [7, 11) is 0. The van der Waals surface area contributed by atoms with E-state index in [1.54, 1.807) is 24.3 Å². The molecule has 2 aliphatic heterocycles. The number of benzene rings is 1. The Hall–Kier alpha value is -2.32. The van der Waals surface area contributed by atoms with Crippen molar-refractivity contribution < 1.29 is 23.4 Å². The van der Waals surface area contributed by atoms with Crippen molar-refractivity contribution in [1.82, 2.24) is 15.5 Å². The molecule has 3 aliphatic rings. The highest BCUT2D eigenvalue weighted by Gasteiger charge is 2.54.